The maximum atomic E-state index is 12.9. The molecule has 6 nitrogen and oxygen atoms in total. The summed E-state index contributed by atoms with van der Waals surface area (Å²) in [6.45, 7) is 5.07. The summed E-state index contributed by atoms with van der Waals surface area (Å²) >= 11 is 0. The van der Waals surface area contributed by atoms with Crippen molar-refractivity contribution in [3.63, 3.8) is 0 Å². The molecule has 0 spiro atoms. The zero-order chi connectivity index (χ0) is 17.8. The minimum atomic E-state index is -0.243. The highest BCUT2D eigenvalue weighted by molar-refractivity contribution is 5.96. The van der Waals surface area contributed by atoms with Gasteiger partial charge in [-0.25, -0.2) is 4.79 Å². The molecule has 3 rings (SSSR count). The molecule has 3 amide bonds. The summed E-state index contributed by atoms with van der Waals surface area (Å²) in [6.07, 6.45) is 4.59. The van der Waals surface area contributed by atoms with E-state index in [1.807, 2.05) is 18.7 Å². The Labute approximate surface area is 148 Å². The van der Waals surface area contributed by atoms with Crippen molar-refractivity contribution in [3.05, 3.63) is 29.8 Å². The summed E-state index contributed by atoms with van der Waals surface area (Å²) in [5, 5.41) is 5.54. The van der Waals surface area contributed by atoms with Crippen LogP contribution in [-0.2, 0) is 4.74 Å². The third kappa shape index (κ3) is 4.31. The number of urea groups is 1. The van der Waals surface area contributed by atoms with Crippen molar-refractivity contribution >= 4 is 17.6 Å². The minimum absolute atomic E-state index is 0.0541. The summed E-state index contributed by atoms with van der Waals surface area (Å²) in [7, 11) is 0. The first-order valence-corrected chi connectivity index (χ1v) is 9.15. The second kappa shape index (κ2) is 7.87. The summed E-state index contributed by atoms with van der Waals surface area (Å²) in [5.41, 5.74) is 1.33. The SMILES string of the molecule is CC(C)NC(=O)Nc1ccc(C(=O)N2CCO[C@@H]3CCCC[C@H]32)cc1. The lowest BCUT2D eigenvalue weighted by atomic mass is 9.89. The minimum Gasteiger partial charge on any atom is -0.374 e. The maximum absolute atomic E-state index is 12.9. The Bertz CT molecular complexity index is 613. The van der Waals surface area contributed by atoms with E-state index >= 15 is 0 Å². The number of anilines is 1. The highest BCUT2D eigenvalue weighted by atomic mass is 16.5. The number of hydrogen-bond donors (Lipinski definition) is 2. The Morgan fingerprint density at radius 1 is 1.16 bits per heavy atom. The molecule has 2 fully saturated rings. The number of carbonyl (C=O) groups excluding carboxylic acids is 2. The molecule has 6 heteroatoms. The van der Waals surface area contributed by atoms with Crippen molar-refractivity contribution in [1.29, 1.82) is 0 Å². The van der Waals surface area contributed by atoms with Crippen LogP contribution in [0.25, 0.3) is 0 Å². The summed E-state index contributed by atoms with van der Waals surface area (Å²) in [5.74, 6) is 0.0541. The van der Waals surface area contributed by atoms with Gasteiger partial charge in [-0.05, 0) is 51.0 Å². The van der Waals surface area contributed by atoms with Gasteiger partial charge in [0.25, 0.3) is 5.91 Å². The van der Waals surface area contributed by atoms with Gasteiger partial charge in [-0.2, -0.15) is 0 Å². The van der Waals surface area contributed by atoms with Crippen molar-refractivity contribution < 1.29 is 14.3 Å². The molecule has 1 heterocycles. The highest BCUT2D eigenvalue weighted by Crippen LogP contribution is 2.29. The van der Waals surface area contributed by atoms with Gasteiger partial charge in [0.05, 0.1) is 18.8 Å². The smallest absolute Gasteiger partial charge is 0.319 e. The number of nitrogens with zero attached hydrogens (tertiary/aromatic N) is 1. The van der Waals surface area contributed by atoms with Crippen LogP contribution in [0.5, 0.6) is 0 Å². The Balaban J connectivity index is 1.65. The number of ether oxygens (including phenoxy) is 1. The quantitative estimate of drug-likeness (QED) is 0.885. The molecular weight excluding hydrogens is 318 g/mol. The first-order chi connectivity index (χ1) is 12.0. The molecule has 1 aromatic carbocycles. The van der Waals surface area contributed by atoms with E-state index in [4.69, 9.17) is 4.74 Å². The molecule has 25 heavy (non-hydrogen) atoms. The molecule has 2 N–H and O–H groups in total. The summed E-state index contributed by atoms with van der Waals surface area (Å²) in [6, 6.07) is 7.13. The molecule has 1 saturated heterocycles. The topological polar surface area (TPSA) is 70.7 Å². The number of fused-ring (bicyclic) bond motifs is 1. The van der Waals surface area contributed by atoms with Crippen LogP contribution < -0.4 is 10.6 Å². The van der Waals surface area contributed by atoms with E-state index < -0.39 is 0 Å². The fourth-order valence-electron chi connectivity index (χ4n) is 3.64. The van der Waals surface area contributed by atoms with Crippen molar-refractivity contribution in [2.75, 3.05) is 18.5 Å². The van der Waals surface area contributed by atoms with Gasteiger partial charge in [-0.3, -0.25) is 4.79 Å². The van der Waals surface area contributed by atoms with E-state index in [1.165, 1.54) is 6.42 Å². The lowest BCUT2D eigenvalue weighted by Gasteiger charge is -2.43. The maximum Gasteiger partial charge on any atom is 0.319 e. The summed E-state index contributed by atoms with van der Waals surface area (Å²) < 4.78 is 5.84. The number of carbonyl (C=O) groups is 2. The number of amides is 3. The molecule has 1 aliphatic heterocycles. The Kier molecular flexibility index (Phi) is 5.58. The van der Waals surface area contributed by atoms with E-state index in [2.05, 4.69) is 10.6 Å². The molecule has 136 valence electrons. The van der Waals surface area contributed by atoms with Gasteiger partial charge in [-0.1, -0.05) is 12.8 Å². The Hall–Kier alpha value is -2.08. The van der Waals surface area contributed by atoms with Gasteiger partial charge in [0.1, 0.15) is 0 Å². The van der Waals surface area contributed by atoms with Gasteiger partial charge in [-0.15, -0.1) is 0 Å². The van der Waals surface area contributed by atoms with Crippen LogP contribution in [0.15, 0.2) is 24.3 Å². The van der Waals surface area contributed by atoms with Gasteiger partial charge in [0.2, 0.25) is 0 Å². The summed E-state index contributed by atoms with van der Waals surface area (Å²) in [4.78, 5) is 26.6. The molecule has 0 aromatic heterocycles. The lowest BCUT2D eigenvalue weighted by molar-refractivity contribution is -0.0752. The molecule has 0 radical (unpaired) electrons. The predicted octanol–water partition coefficient (Wildman–Crippen LogP) is 3.00. The normalized spacial score (nSPS) is 23.1. The lowest BCUT2D eigenvalue weighted by Crippen LogP contribution is -2.54. The second-order valence-electron chi connectivity index (χ2n) is 7.09. The van der Waals surface area contributed by atoms with E-state index in [0.717, 1.165) is 19.3 Å². The molecule has 0 bridgehead atoms. The third-order valence-electron chi connectivity index (χ3n) is 4.80. The van der Waals surface area contributed by atoms with Crippen molar-refractivity contribution in [1.82, 2.24) is 10.2 Å². The first kappa shape index (κ1) is 17.7. The van der Waals surface area contributed by atoms with Crippen LogP contribution in [0.4, 0.5) is 10.5 Å². The Morgan fingerprint density at radius 3 is 2.60 bits per heavy atom. The van der Waals surface area contributed by atoms with Crippen molar-refractivity contribution in [2.24, 2.45) is 0 Å². The van der Waals surface area contributed by atoms with E-state index in [1.54, 1.807) is 24.3 Å². The zero-order valence-electron chi connectivity index (χ0n) is 15.0. The molecule has 1 saturated carbocycles. The van der Waals surface area contributed by atoms with Crippen LogP contribution in [-0.4, -0.2) is 48.2 Å². The van der Waals surface area contributed by atoms with Gasteiger partial charge in [0.15, 0.2) is 0 Å². The van der Waals surface area contributed by atoms with Crippen LogP contribution >= 0.6 is 0 Å². The van der Waals surface area contributed by atoms with Crippen LogP contribution in [0.1, 0.15) is 49.9 Å². The molecule has 1 aliphatic carbocycles. The number of rotatable bonds is 3. The molecule has 2 aliphatic rings. The fraction of sp³-hybridized carbons (Fsp3) is 0.579. The van der Waals surface area contributed by atoms with Gasteiger partial charge < -0.3 is 20.3 Å². The van der Waals surface area contributed by atoms with Crippen LogP contribution in [0.3, 0.4) is 0 Å². The molecule has 2 atom stereocenters. The Morgan fingerprint density at radius 2 is 1.88 bits per heavy atom. The van der Waals surface area contributed by atoms with E-state index in [9.17, 15) is 9.59 Å². The molecule has 1 aromatic rings. The number of nitrogens with one attached hydrogen (secondary N) is 2. The highest BCUT2D eigenvalue weighted by Gasteiger charge is 2.36. The third-order valence-corrected chi connectivity index (χ3v) is 4.80. The average molecular weight is 345 g/mol. The number of morpholine rings is 1. The molecular formula is C19H27N3O3. The largest absolute Gasteiger partial charge is 0.374 e. The fourth-order valence-corrected chi connectivity index (χ4v) is 3.64. The number of benzene rings is 1. The van der Waals surface area contributed by atoms with Crippen molar-refractivity contribution in [2.45, 2.75) is 57.7 Å². The van der Waals surface area contributed by atoms with Crippen molar-refractivity contribution in [3.8, 4) is 0 Å². The standard InChI is InChI=1S/C19H27N3O3/c1-13(2)20-19(24)21-15-9-7-14(8-10-15)18(23)22-11-12-25-17-6-4-3-5-16(17)22/h7-10,13,16-17H,3-6,11-12H2,1-2H3,(H2,20,21,24)/t16-,17-/m1/s1. The average Bonchev–Trinajstić information content (AvgIpc) is 2.60. The monoisotopic (exact) mass is 345 g/mol. The van der Waals surface area contributed by atoms with Crippen LogP contribution in [0, 0.1) is 0 Å². The second-order valence-corrected chi connectivity index (χ2v) is 7.09. The molecule has 0 unspecified atom stereocenters. The number of hydrogen-bond acceptors (Lipinski definition) is 3. The zero-order valence-corrected chi connectivity index (χ0v) is 15.0. The van der Waals surface area contributed by atoms with E-state index in [-0.39, 0.29) is 30.1 Å². The van der Waals surface area contributed by atoms with Gasteiger partial charge in [0, 0.05) is 23.8 Å². The predicted molar refractivity (Wildman–Crippen MR) is 96.8 cm³/mol. The first-order valence-electron chi connectivity index (χ1n) is 9.15. The van der Waals surface area contributed by atoms with Gasteiger partial charge >= 0.3 is 6.03 Å². The van der Waals surface area contributed by atoms with Crippen LogP contribution in [0.2, 0.25) is 0 Å². The van der Waals surface area contributed by atoms with E-state index in [0.29, 0.717) is 24.4 Å².